The van der Waals surface area contributed by atoms with Crippen molar-refractivity contribution in [2.24, 2.45) is 0 Å². The van der Waals surface area contributed by atoms with Crippen molar-refractivity contribution in [2.75, 3.05) is 6.61 Å². The van der Waals surface area contributed by atoms with Gasteiger partial charge in [0.2, 0.25) is 12.1 Å². The predicted octanol–water partition coefficient (Wildman–Crippen LogP) is -1.83. The molecule has 3 saturated heterocycles. The molecule has 4 heterocycles. The molecule has 19 heteroatoms. The Morgan fingerprint density at radius 3 is 1.96 bits per heavy atom. The molecule has 17 atom stereocenters. The van der Waals surface area contributed by atoms with E-state index in [1.165, 1.54) is 38.1 Å². The molecular weight excluding hydrogens is 760 g/mol. The van der Waals surface area contributed by atoms with Crippen molar-refractivity contribution in [3.63, 3.8) is 0 Å². The summed E-state index contributed by atoms with van der Waals surface area (Å²) in [5, 5.41) is 116. The molecule has 316 valence electrons. The monoisotopic (exact) mass is 810 g/mol. The summed E-state index contributed by atoms with van der Waals surface area (Å²) in [7, 11) is 0. The molecule has 4 aliphatic rings. The van der Waals surface area contributed by atoms with Crippen LogP contribution in [0.5, 0.6) is 23.0 Å². The minimum atomic E-state index is -1.83. The van der Waals surface area contributed by atoms with Gasteiger partial charge >= 0.3 is 0 Å². The molecule has 0 radical (unpaired) electrons. The first kappa shape index (κ1) is 43.1. The lowest BCUT2D eigenvalue weighted by molar-refractivity contribution is -0.366. The third-order valence-electron chi connectivity index (χ3n) is 10.5. The molecule has 0 amide bonds. The molecule has 0 bridgehead atoms. The van der Waals surface area contributed by atoms with Crippen LogP contribution in [0.15, 0.2) is 42.0 Å². The van der Waals surface area contributed by atoms with Gasteiger partial charge < -0.3 is 89.3 Å². The Kier molecular flexibility index (Phi) is 13.1. The van der Waals surface area contributed by atoms with Crippen molar-refractivity contribution in [3.05, 3.63) is 58.7 Å². The number of aromatic hydroxyl groups is 2. The van der Waals surface area contributed by atoms with Crippen LogP contribution in [0.1, 0.15) is 55.3 Å². The Hall–Kier alpha value is -3.51. The van der Waals surface area contributed by atoms with E-state index in [2.05, 4.69) is 0 Å². The van der Waals surface area contributed by atoms with Gasteiger partial charge in [0.05, 0.1) is 18.8 Å². The zero-order valence-corrected chi connectivity index (χ0v) is 31.4. The summed E-state index contributed by atoms with van der Waals surface area (Å²) in [5.41, 5.74) is 0.876. The minimum Gasteiger partial charge on any atom is -0.508 e. The van der Waals surface area contributed by atoms with Crippen LogP contribution in [0.4, 0.5) is 0 Å². The third kappa shape index (κ3) is 8.50. The van der Waals surface area contributed by atoms with E-state index in [0.29, 0.717) is 0 Å². The van der Waals surface area contributed by atoms with Crippen molar-refractivity contribution in [3.8, 4) is 23.0 Å². The van der Waals surface area contributed by atoms with Crippen LogP contribution >= 0.6 is 0 Å². The normalized spacial score (nSPS) is 39.5. The smallest absolute Gasteiger partial charge is 0.229 e. The second-order valence-corrected chi connectivity index (χ2v) is 14.9. The van der Waals surface area contributed by atoms with Crippen molar-refractivity contribution >= 4 is 5.78 Å². The predicted molar refractivity (Wildman–Crippen MR) is 190 cm³/mol. The lowest BCUT2D eigenvalue weighted by Crippen LogP contribution is -2.64. The highest BCUT2D eigenvalue weighted by Crippen LogP contribution is 2.48. The molecule has 4 aliphatic heterocycles. The zero-order chi connectivity index (χ0) is 41.6. The number of phenolic OH excluding ortho intramolecular Hbond substituents is 2. The Morgan fingerprint density at radius 2 is 1.33 bits per heavy atom. The maximum Gasteiger partial charge on any atom is 0.229 e. The Morgan fingerprint density at radius 1 is 0.737 bits per heavy atom. The van der Waals surface area contributed by atoms with Crippen LogP contribution in [-0.4, -0.2) is 167 Å². The summed E-state index contributed by atoms with van der Waals surface area (Å²) < 4.78 is 41.6. The van der Waals surface area contributed by atoms with E-state index in [0.717, 1.165) is 11.6 Å². The number of aliphatic hydroxyl groups excluding tert-OH is 9. The average molecular weight is 811 g/mol. The van der Waals surface area contributed by atoms with Gasteiger partial charge in [-0.2, -0.15) is 0 Å². The number of rotatable bonds is 10. The molecule has 19 nitrogen and oxygen atoms in total. The number of phenols is 2. The van der Waals surface area contributed by atoms with Crippen LogP contribution in [0.25, 0.3) is 0 Å². The molecule has 0 unspecified atom stereocenters. The van der Waals surface area contributed by atoms with Gasteiger partial charge in [-0.3, -0.25) is 4.79 Å². The summed E-state index contributed by atoms with van der Waals surface area (Å²) in [4.78, 5) is 14.7. The molecule has 6 rings (SSSR count). The highest BCUT2D eigenvalue weighted by molar-refractivity contribution is 6.06. The van der Waals surface area contributed by atoms with Gasteiger partial charge in [-0.1, -0.05) is 23.8 Å². The number of hydrogen-bond acceptors (Lipinski definition) is 19. The molecule has 0 spiro atoms. The number of carbonyl (C=O) groups excluding carboxylic acids is 1. The quantitative estimate of drug-likeness (QED) is 0.118. The summed E-state index contributed by atoms with van der Waals surface area (Å²) in [6.07, 6.45) is -25.2. The van der Waals surface area contributed by atoms with Gasteiger partial charge in [-0.05, 0) is 51.8 Å². The second kappa shape index (κ2) is 17.4. The maximum absolute atomic E-state index is 14.7. The molecule has 0 aromatic heterocycles. The number of carbonyl (C=O) groups is 1. The van der Waals surface area contributed by atoms with Crippen LogP contribution < -0.4 is 9.47 Å². The van der Waals surface area contributed by atoms with E-state index in [4.69, 9.17) is 33.2 Å². The average Bonchev–Trinajstić information content (AvgIpc) is 3.17. The number of allylic oxidation sites excluding steroid dienone is 2. The highest BCUT2D eigenvalue weighted by Gasteiger charge is 2.53. The Balaban J connectivity index is 1.41. The zero-order valence-electron chi connectivity index (χ0n) is 31.4. The highest BCUT2D eigenvalue weighted by atomic mass is 16.8. The number of benzene rings is 2. The van der Waals surface area contributed by atoms with Crippen molar-refractivity contribution < 1.29 is 94.1 Å². The SMILES string of the molecule is CC(C)=CCc1c(O[C@H]2O[C@H](CO)[C@@H](O)[C@H](O)[C@H]2O)cc(O)c2c1O[C@@H](c1ccc(O)cc1)[C@H](O[C@H]1O[C@H](C)[C@@H](O)[C@H](O)[C@@H]1O[C@H]1O[C@H](C)[C@@H](O)[C@H](O)[C@@H]1O)C2=O. The molecule has 2 aromatic rings. The van der Waals surface area contributed by atoms with Gasteiger partial charge in [0.25, 0.3) is 0 Å². The number of fused-ring (bicyclic) bond motifs is 1. The van der Waals surface area contributed by atoms with E-state index >= 15 is 0 Å². The van der Waals surface area contributed by atoms with Gasteiger partial charge in [0.1, 0.15) is 89.6 Å². The summed E-state index contributed by atoms with van der Waals surface area (Å²) in [5.74, 6) is -2.03. The number of aliphatic hydroxyl groups is 9. The molecule has 11 N–H and O–H groups in total. The second-order valence-electron chi connectivity index (χ2n) is 14.9. The number of Topliss-reactive ketones (excluding diaryl/α,β-unsaturated/α-hetero) is 1. The summed E-state index contributed by atoms with van der Waals surface area (Å²) in [6, 6.07) is 6.58. The fourth-order valence-electron chi connectivity index (χ4n) is 7.12. The van der Waals surface area contributed by atoms with Gasteiger partial charge in [0, 0.05) is 11.6 Å². The standard InChI is InChI=1S/C38H50O19/c1-13(2)5-10-18-20(53-37-31(50)28(47)25(44)21(12-39)54-37)11-19(41)22-26(45)34(32(55-33(18)22)16-6-8-17(40)9-7-16)56-38-35(29(48)24(43)15(4)52-38)57-36-30(49)27(46)23(42)14(3)51-36/h5-9,11,14-15,21,23-25,27-32,34-44,46-50H,10,12H2,1-4H3/t14-,15-,21-,23-,24-,25-,27+,28+,29+,30+,31-,32+,34-,35+,36-,37+,38-/m1/s1. The van der Waals surface area contributed by atoms with Gasteiger partial charge in [-0.25, -0.2) is 0 Å². The molecule has 2 aromatic carbocycles. The fourth-order valence-corrected chi connectivity index (χ4v) is 7.12. The molecular formula is C38H50O19. The third-order valence-corrected chi connectivity index (χ3v) is 10.5. The minimum absolute atomic E-state index is 0.0186. The maximum atomic E-state index is 14.7. The largest absolute Gasteiger partial charge is 0.508 e. The van der Waals surface area contributed by atoms with E-state index in [1.54, 1.807) is 19.9 Å². The first-order chi connectivity index (χ1) is 26.9. The van der Waals surface area contributed by atoms with Crippen LogP contribution in [0.3, 0.4) is 0 Å². The summed E-state index contributed by atoms with van der Waals surface area (Å²) >= 11 is 0. The lowest BCUT2D eigenvalue weighted by atomic mass is 9.89. The molecule has 3 fully saturated rings. The Labute approximate surface area is 326 Å². The molecule has 57 heavy (non-hydrogen) atoms. The van der Waals surface area contributed by atoms with Crippen LogP contribution in [0, 0.1) is 0 Å². The fraction of sp³-hybridized carbons (Fsp3) is 0.605. The Bertz CT molecular complexity index is 1750. The number of ketones is 1. The molecule has 0 saturated carbocycles. The van der Waals surface area contributed by atoms with E-state index in [-0.39, 0.29) is 40.4 Å². The van der Waals surface area contributed by atoms with Crippen molar-refractivity contribution in [1.82, 2.24) is 0 Å². The van der Waals surface area contributed by atoms with Gasteiger partial charge in [0.15, 0.2) is 24.8 Å². The van der Waals surface area contributed by atoms with E-state index in [1.807, 2.05) is 0 Å². The van der Waals surface area contributed by atoms with Crippen LogP contribution in [0.2, 0.25) is 0 Å². The number of ether oxygens (including phenoxy) is 7. The van der Waals surface area contributed by atoms with Gasteiger partial charge in [-0.15, -0.1) is 0 Å². The van der Waals surface area contributed by atoms with Crippen molar-refractivity contribution in [1.29, 1.82) is 0 Å². The topological polar surface area (TPSA) is 304 Å². The van der Waals surface area contributed by atoms with Crippen LogP contribution in [-0.2, 0) is 30.1 Å². The first-order valence-corrected chi connectivity index (χ1v) is 18.4. The lowest BCUT2D eigenvalue weighted by Gasteiger charge is -2.46. The van der Waals surface area contributed by atoms with E-state index in [9.17, 15) is 61.0 Å². The number of hydrogen-bond donors (Lipinski definition) is 11. The van der Waals surface area contributed by atoms with E-state index < -0.39 is 122 Å². The van der Waals surface area contributed by atoms with Crippen molar-refractivity contribution in [2.45, 2.75) is 138 Å². The summed E-state index contributed by atoms with van der Waals surface area (Å²) in [6.45, 7) is 5.69. The first-order valence-electron chi connectivity index (χ1n) is 18.4. The molecule has 0 aliphatic carbocycles.